The van der Waals surface area contributed by atoms with E-state index in [0.29, 0.717) is 39.5 Å². The van der Waals surface area contributed by atoms with Crippen molar-refractivity contribution < 1.29 is 9.47 Å². The Labute approximate surface area is 194 Å². The van der Waals surface area contributed by atoms with Crippen molar-refractivity contribution in [3.63, 3.8) is 0 Å². The summed E-state index contributed by atoms with van der Waals surface area (Å²) in [5.74, 6) is 4.01. The van der Waals surface area contributed by atoms with Gasteiger partial charge in [-0.05, 0) is 0 Å². The summed E-state index contributed by atoms with van der Waals surface area (Å²) < 4.78 is 12.0. The van der Waals surface area contributed by atoms with Gasteiger partial charge in [-0.3, -0.25) is 0 Å². The molecule has 0 amide bonds. The molecule has 0 unspecified atom stereocenters. The molecule has 30 heavy (non-hydrogen) atoms. The molecule has 2 aliphatic heterocycles. The molecule has 4 nitrogen and oxygen atoms in total. The number of ether oxygens (including phenoxy) is 2. The fraction of sp³-hybridized carbons (Fsp3) is 0.500. The molecule has 0 bridgehead atoms. The van der Waals surface area contributed by atoms with Crippen LogP contribution in [0.3, 0.4) is 0 Å². The van der Waals surface area contributed by atoms with E-state index >= 15 is 0 Å². The topological polar surface area (TPSA) is 43.2 Å². The second-order valence-corrected chi connectivity index (χ2v) is 16.2. The van der Waals surface area contributed by atoms with E-state index in [4.69, 9.17) is 19.5 Å². The molecule has 0 saturated heterocycles. The van der Waals surface area contributed by atoms with Crippen LogP contribution in [0.1, 0.15) is 41.5 Å². The molecule has 0 N–H and O–H groups in total. The zero-order valence-electron chi connectivity index (χ0n) is 18.6. The summed E-state index contributed by atoms with van der Waals surface area (Å²) in [5, 5.41) is 0. The van der Waals surface area contributed by atoms with Crippen molar-refractivity contribution in [2.45, 2.75) is 53.6 Å². The molecule has 10 radical (unpaired) electrons. The number of hydrogen-bond acceptors (Lipinski definition) is 4. The molecule has 4 rings (SSSR count). The van der Waals surface area contributed by atoms with Gasteiger partial charge in [-0.1, -0.05) is 0 Å². The van der Waals surface area contributed by atoms with Gasteiger partial charge in [0.25, 0.3) is 0 Å². The zero-order valence-corrected chi connectivity index (χ0v) is 22.0. The third-order valence-electron chi connectivity index (χ3n) is 5.54. The van der Waals surface area contributed by atoms with Gasteiger partial charge in [-0.25, -0.2) is 0 Å². The molecule has 0 spiro atoms. The first-order valence-corrected chi connectivity index (χ1v) is 16.5. The molecular formula is C24H30N2O2Se2. The van der Waals surface area contributed by atoms with Gasteiger partial charge in [-0.15, -0.1) is 0 Å². The predicted molar refractivity (Wildman–Crippen MR) is 124 cm³/mol. The van der Waals surface area contributed by atoms with Crippen LogP contribution in [0.5, 0.6) is 0 Å². The first kappa shape index (κ1) is 23.1. The Bertz CT molecular complexity index is 622. The minimum absolute atomic E-state index is 0.126. The van der Waals surface area contributed by atoms with Gasteiger partial charge in [0.05, 0.1) is 0 Å². The first-order chi connectivity index (χ1) is 14.1. The average molecular weight is 536 g/mol. The number of rotatable bonds is 5. The van der Waals surface area contributed by atoms with Crippen LogP contribution in [-0.4, -0.2) is 63.4 Å². The van der Waals surface area contributed by atoms with Crippen molar-refractivity contribution in [3.8, 4) is 0 Å². The summed E-state index contributed by atoms with van der Waals surface area (Å²) in [6.45, 7) is 14.7. The third kappa shape index (κ3) is 5.13. The molecule has 0 aromatic heterocycles. The fourth-order valence-corrected chi connectivity index (χ4v) is 10.4. The van der Waals surface area contributed by atoms with E-state index in [1.807, 2.05) is 0 Å². The van der Waals surface area contributed by atoms with Crippen LogP contribution in [0.2, 0.25) is 0 Å². The molecule has 4 aliphatic rings. The number of hydrogen-bond donors (Lipinski definition) is 0. The Kier molecular flexibility index (Phi) is 7.01. The second kappa shape index (κ2) is 9.08. The molecule has 2 aliphatic carbocycles. The molecule has 6 heteroatoms. The van der Waals surface area contributed by atoms with E-state index in [1.165, 1.54) is 21.5 Å². The van der Waals surface area contributed by atoms with Crippen molar-refractivity contribution in [2.24, 2.45) is 20.8 Å². The van der Waals surface area contributed by atoms with E-state index in [-0.39, 0.29) is 22.9 Å². The van der Waals surface area contributed by atoms with Gasteiger partial charge in [-0.2, -0.15) is 0 Å². The molecule has 0 aromatic rings. The predicted octanol–water partition coefficient (Wildman–Crippen LogP) is 3.46. The van der Waals surface area contributed by atoms with E-state index < -0.39 is 0 Å². The van der Waals surface area contributed by atoms with Crippen molar-refractivity contribution in [2.75, 3.05) is 13.2 Å². The summed E-state index contributed by atoms with van der Waals surface area (Å²) in [5.41, 5.74) is 0.251. The first-order valence-electron chi connectivity index (χ1n) is 10.4. The molecular weight excluding hydrogens is 506 g/mol. The summed E-state index contributed by atoms with van der Waals surface area (Å²) in [7, 11) is 0. The standard InChI is InChI=1S/C24H30N2O2Se2/c1-23(2,3)19-13-27-21(25-19)15-9-7-11-17(15)29-30-18-12-8-10-16(18)22-26-20(14-28-22)24(4,5)6/h7-12,19-20H,13-14H2,1-6H3/t19-,20-/m1/s1. The second-order valence-electron chi connectivity index (χ2n) is 10.0. The average Bonchev–Trinajstić information content (AvgIpc) is 3.45. The van der Waals surface area contributed by atoms with Gasteiger partial charge < -0.3 is 0 Å². The summed E-state index contributed by atoms with van der Waals surface area (Å²) in [6, 6.07) is 0.450. The van der Waals surface area contributed by atoms with Crippen molar-refractivity contribution in [1.82, 2.24) is 0 Å². The van der Waals surface area contributed by atoms with Gasteiger partial charge in [0.15, 0.2) is 0 Å². The number of nitrogens with zero attached hydrogens (tertiary/aromatic N) is 2. The quantitative estimate of drug-likeness (QED) is 0.506. The van der Waals surface area contributed by atoms with Gasteiger partial charge in [0, 0.05) is 0 Å². The van der Waals surface area contributed by atoms with Gasteiger partial charge in [0.2, 0.25) is 0 Å². The Balaban J connectivity index is 1.35. The van der Waals surface area contributed by atoms with Crippen LogP contribution in [0.25, 0.3) is 0 Å². The third-order valence-corrected chi connectivity index (χ3v) is 12.8. The van der Waals surface area contributed by atoms with Crippen LogP contribution < -0.4 is 0 Å². The van der Waals surface area contributed by atoms with Gasteiger partial charge >= 0.3 is 195 Å². The fourth-order valence-electron chi connectivity index (χ4n) is 3.33. The Morgan fingerprint density at radius 1 is 0.700 bits per heavy atom. The van der Waals surface area contributed by atoms with Gasteiger partial charge in [0.1, 0.15) is 0 Å². The van der Waals surface area contributed by atoms with E-state index in [2.05, 4.69) is 80.1 Å². The Hall–Kier alpha value is -0.0210. The summed E-state index contributed by atoms with van der Waals surface area (Å²) in [4.78, 5) is 12.5. The zero-order chi connectivity index (χ0) is 21.5. The molecule has 0 aromatic carbocycles. The van der Waals surface area contributed by atoms with Crippen molar-refractivity contribution in [3.05, 3.63) is 60.0 Å². The maximum atomic E-state index is 5.99. The molecule has 2 fully saturated rings. The molecule has 2 saturated carbocycles. The minimum atomic E-state index is 0.126. The summed E-state index contributed by atoms with van der Waals surface area (Å²) in [6.07, 6.45) is 13.0. The van der Waals surface area contributed by atoms with E-state index in [0.717, 1.165) is 11.8 Å². The SMILES string of the molecule is CC(C)(C)[C@H]1COC([C]2[CH][CH][CH][C]2[Se][Se][C]2[CH][CH][CH][C]2C2=N[C@@H](C(C)(C)C)CO2)=N1. The number of aliphatic imine (C=N–C) groups is 2. The normalized spacial score (nSPS) is 29.9. The van der Waals surface area contributed by atoms with Crippen LogP contribution in [0, 0.1) is 70.8 Å². The Morgan fingerprint density at radius 3 is 1.43 bits per heavy atom. The molecule has 2 heterocycles. The van der Waals surface area contributed by atoms with Crippen LogP contribution in [0.4, 0.5) is 0 Å². The van der Waals surface area contributed by atoms with Crippen LogP contribution >= 0.6 is 0 Å². The van der Waals surface area contributed by atoms with E-state index in [9.17, 15) is 0 Å². The Morgan fingerprint density at radius 2 is 1.10 bits per heavy atom. The van der Waals surface area contributed by atoms with E-state index in [1.54, 1.807) is 0 Å². The van der Waals surface area contributed by atoms with Crippen LogP contribution in [-0.2, 0) is 9.47 Å². The summed E-state index contributed by atoms with van der Waals surface area (Å²) >= 11 is 0.701. The molecule has 2 atom stereocenters. The van der Waals surface area contributed by atoms with Crippen LogP contribution in [0.15, 0.2) is 9.98 Å². The van der Waals surface area contributed by atoms with Crippen molar-refractivity contribution in [1.29, 1.82) is 0 Å². The monoisotopic (exact) mass is 538 g/mol. The maximum absolute atomic E-state index is 5.99. The molecule has 160 valence electrons. The van der Waals surface area contributed by atoms with Crippen molar-refractivity contribution >= 4 is 38.1 Å².